The van der Waals surface area contributed by atoms with Crippen molar-refractivity contribution in [3.8, 4) is 6.07 Å². The van der Waals surface area contributed by atoms with Crippen LogP contribution in [0.3, 0.4) is 0 Å². The van der Waals surface area contributed by atoms with E-state index in [2.05, 4.69) is 19.9 Å². The Hall–Kier alpha value is -0.840. The molecule has 2 nitrogen and oxygen atoms in total. The molecule has 2 unspecified atom stereocenters. The molecule has 0 heterocycles. The Morgan fingerprint density at radius 1 is 1.69 bits per heavy atom. The second-order valence-corrected chi connectivity index (χ2v) is 4.62. The van der Waals surface area contributed by atoms with Crippen LogP contribution in [0, 0.1) is 28.6 Å². The van der Waals surface area contributed by atoms with Crippen molar-refractivity contribution in [2.24, 2.45) is 17.3 Å². The number of Topliss-reactive ketones (excluding diaryl/α,β-unsaturated/α-hetero) is 1. The predicted octanol–water partition coefficient (Wildman–Crippen LogP) is 2.54. The van der Waals surface area contributed by atoms with E-state index in [0.29, 0.717) is 0 Å². The summed E-state index contributed by atoms with van der Waals surface area (Å²) in [6, 6.07) is 2.11. The van der Waals surface area contributed by atoms with E-state index in [1.807, 2.05) is 6.92 Å². The Morgan fingerprint density at radius 3 is 2.54 bits per heavy atom. The SMILES string of the molecule is CCCC(C#N)C(=O)C1CC1(C)C. The molecule has 0 aliphatic heterocycles. The monoisotopic (exact) mass is 179 g/mol. The average Bonchev–Trinajstić information content (AvgIpc) is 2.70. The van der Waals surface area contributed by atoms with Crippen molar-refractivity contribution < 1.29 is 4.79 Å². The number of carbonyl (C=O) groups is 1. The van der Waals surface area contributed by atoms with E-state index in [0.717, 1.165) is 19.3 Å². The first kappa shape index (κ1) is 10.2. The third-order valence-corrected chi connectivity index (χ3v) is 2.93. The van der Waals surface area contributed by atoms with Gasteiger partial charge in [-0.3, -0.25) is 4.79 Å². The van der Waals surface area contributed by atoms with Gasteiger partial charge >= 0.3 is 0 Å². The Bertz CT molecular complexity index is 249. The molecular weight excluding hydrogens is 162 g/mol. The van der Waals surface area contributed by atoms with Crippen LogP contribution < -0.4 is 0 Å². The second-order valence-electron chi connectivity index (χ2n) is 4.62. The van der Waals surface area contributed by atoms with Crippen LogP contribution in [0.2, 0.25) is 0 Å². The highest BCUT2D eigenvalue weighted by molar-refractivity contribution is 5.88. The maximum absolute atomic E-state index is 11.7. The quantitative estimate of drug-likeness (QED) is 0.665. The van der Waals surface area contributed by atoms with Crippen LogP contribution in [0.25, 0.3) is 0 Å². The van der Waals surface area contributed by atoms with Crippen molar-refractivity contribution in [2.45, 2.75) is 40.0 Å². The van der Waals surface area contributed by atoms with E-state index >= 15 is 0 Å². The minimum absolute atomic E-state index is 0.156. The fraction of sp³-hybridized carbons (Fsp3) is 0.818. The van der Waals surface area contributed by atoms with Gasteiger partial charge in [0.05, 0.1) is 6.07 Å². The van der Waals surface area contributed by atoms with E-state index in [1.54, 1.807) is 0 Å². The molecular formula is C11H17NO. The molecule has 0 radical (unpaired) electrons. The molecule has 2 atom stereocenters. The van der Waals surface area contributed by atoms with Crippen LogP contribution >= 0.6 is 0 Å². The molecule has 0 aromatic rings. The third kappa shape index (κ3) is 2.09. The highest BCUT2D eigenvalue weighted by Crippen LogP contribution is 2.53. The zero-order chi connectivity index (χ0) is 10.1. The van der Waals surface area contributed by atoms with Gasteiger partial charge < -0.3 is 0 Å². The fourth-order valence-electron chi connectivity index (χ4n) is 1.75. The lowest BCUT2D eigenvalue weighted by Crippen LogP contribution is -2.16. The third-order valence-electron chi connectivity index (χ3n) is 2.93. The minimum Gasteiger partial charge on any atom is -0.298 e. The Labute approximate surface area is 79.9 Å². The second kappa shape index (κ2) is 3.49. The Morgan fingerprint density at radius 2 is 2.23 bits per heavy atom. The lowest BCUT2D eigenvalue weighted by molar-refractivity contribution is -0.123. The van der Waals surface area contributed by atoms with Crippen molar-refractivity contribution in [1.82, 2.24) is 0 Å². The maximum atomic E-state index is 11.7. The molecule has 1 rings (SSSR count). The summed E-state index contributed by atoms with van der Waals surface area (Å²) in [6.45, 7) is 6.20. The van der Waals surface area contributed by atoms with Gasteiger partial charge in [-0.1, -0.05) is 27.2 Å². The van der Waals surface area contributed by atoms with Crippen molar-refractivity contribution in [2.75, 3.05) is 0 Å². The van der Waals surface area contributed by atoms with Gasteiger partial charge in [-0.15, -0.1) is 0 Å². The molecule has 2 heteroatoms. The summed E-state index contributed by atoms with van der Waals surface area (Å²) in [5, 5.41) is 8.80. The summed E-state index contributed by atoms with van der Waals surface area (Å²) in [6.07, 6.45) is 2.60. The van der Waals surface area contributed by atoms with Crippen LogP contribution in [0.1, 0.15) is 40.0 Å². The first-order valence-corrected chi connectivity index (χ1v) is 4.96. The Balaban J connectivity index is 2.53. The van der Waals surface area contributed by atoms with Gasteiger partial charge in [0.1, 0.15) is 5.92 Å². The average molecular weight is 179 g/mol. The van der Waals surface area contributed by atoms with Gasteiger partial charge in [-0.25, -0.2) is 0 Å². The summed E-state index contributed by atoms with van der Waals surface area (Å²) in [5.74, 6) is -0.0187. The van der Waals surface area contributed by atoms with Gasteiger partial charge in [0, 0.05) is 5.92 Å². The molecule has 0 amide bonds. The van der Waals surface area contributed by atoms with Crippen molar-refractivity contribution >= 4 is 5.78 Å². The normalized spacial score (nSPS) is 26.2. The fourth-order valence-corrected chi connectivity index (χ4v) is 1.75. The first-order valence-electron chi connectivity index (χ1n) is 4.96. The van der Waals surface area contributed by atoms with Crippen molar-refractivity contribution in [3.05, 3.63) is 0 Å². The van der Waals surface area contributed by atoms with Crippen molar-refractivity contribution in [1.29, 1.82) is 5.26 Å². The summed E-state index contributed by atoms with van der Waals surface area (Å²) in [5.41, 5.74) is 0.167. The highest BCUT2D eigenvalue weighted by atomic mass is 16.1. The number of hydrogen-bond acceptors (Lipinski definition) is 2. The summed E-state index contributed by atoms with van der Waals surface area (Å²) in [4.78, 5) is 11.7. The molecule has 0 spiro atoms. The summed E-state index contributed by atoms with van der Waals surface area (Å²) < 4.78 is 0. The van der Waals surface area contributed by atoms with E-state index in [1.165, 1.54) is 0 Å². The molecule has 0 aromatic heterocycles. The number of nitrogens with zero attached hydrogens (tertiary/aromatic N) is 1. The molecule has 1 saturated carbocycles. The van der Waals surface area contributed by atoms with E-state index in [-0.39, 0.29) is 23.0 Å². The van der Waals surface area contributed by atoms with E-state index < -0.39 is 0 Å². The molecule has 0 N–H and O–H groups in total. The Kier molecular flexibility index (Phi) is 2.75. The van der Waals surface area contributed by atoms with Crippen LogP contribution in [-0.4, -0.2) is 5.78 Å². The smallest absolute Gasteiger partial charge is 0.153 e. The molecule has 1 aliphatic carbocycles. The highest BCUT2D eigenvalue weighted by Gasteiger charge is 2.51. The van der Waals surface area contributed by atoms with Crippen LogP contribution in [0.15, 0.2) is 0 Å². The maximum Gasteiger partial charge on any atom is 0.153 e. The van der Waals surface area contributed by atoms with Crippen LogP contribution in [0.5, 0.6) is 0 Å². The number of nitriles is 1. The van der Waals surface area contributed by atoms with Crippen LogP contribution in [-0.2, 0) is 4.79 Å². The predicted molar refractivity (Wildman–Crippen MR) is 50.9 cm³/mol. The van der Waals surface area contributed by atoms with Gasteiger partial charge in [0.15, 0.2) is 5.78 Å². The van der Waals surface area contributed by atoms with E-state index in [4.69, 9.17) is 5.26 Å². The standard InChI is InChI=1S/C11H17NO/c1-4-5-8(7-12)10(13)9-6-11(9,2)3/h8-9H,4-6H2,1-3H3. The molecule has 1 fully saturated rings. The lowest BCUT2D eigenvalue weighted by atomic mass is 9.94. The zero-order valence-electron chi connectivity index (χ0n) is 8.63. The summed E-state index contributed by atoms with van der Waals surface area (Å²) >= 11 is 0. The van der Waals surface area contributed by atoms with Gasteiger partial charge in [0.25, 0.3) is 0 Å². The van der Waals surface area contributed by atoms with E-state index in [9.17, 15) is 4.79 Å². The number of carbonyl (C=O) groups excluding carboxylic acids is 1. The molecule has 0 aromatic carbocycles. The summed E-state index contributed by atoms with van der Waals surface area (Å²) in [7, 11) is 0. The van der Waals surface area contributed by atoms with Gasteiger partial charge in [-0.05, 0) is 18.3 Å². The molecule has 0 bridgehead atoms. The van der Waals surface area contributed by atoms with Crippen molar-refractivity contribution in [3.63, 3.8) is 0 Å². The minimum atomic E-state index is -0.350. The zero-order valence-corrected chi connectivity index (χ0v) is 8.63. The largest absolute Gasteiger partial charge is 0.298 e. The number of ketones is 1. The van der Waals surface area contributed by atoms with Crippen LogP contribution in [0.4, 0.5) is 0 Å². The van der Waals surface area contributed by atoms with Gasteiger partial charge in [0.2, 0.25) is 0 Å². The molecule has 72 valence electrons. The number of rotatable bonds is 4. The molecule has 0 saturated heterocycles. The number of hydrogen-bond donors (Lipinski definition) is 0. The topological polar surface area (TPSA) is 40.9 Å². The van der Waals surface area contributed by atoms with Gasteiger partial charge in [-0.2, -0.15) is 5.26 Å². The lowest BCUT2D eigenvalue weighted by Gasteiger charge is -2.07. The first-order chi connectivity index (χ1) is 6.03. The molecule has 1 aliphatic rings. The molecule has 13 heavy (non-hydrogen) atoms.